The minimum absolute atomic E-state index is 0.0340. The smallest absolute Gasteiger partial charge is 0.230 e. The van der Waals surface area contributed by atoms with Crippen molar-refractivity contribution in [3.8, 4) is 0 Å². The molecule has 2 aromatic carbocycles. The molecule has 6 heteroatoms. The number of aryl methyl sites for hydroxylation is 1. The Hall–Kier alpha value is -2.99. The summed E-state index contributed by atoms with van der Waals surface area (Å²) < 4.78 is 0. The van der Waals surface area contributed by atoms with Crippen molar-refractivity contribution in [2.24, 2.45) is 0 Å². The lowest BCUT2D eigenvalue weighted by Gasteiger charge is -2.05. The lowest BCUT2D eigenvalue weighted by molar-refractivity contribution is -0.115. The van der Waals surface area contributed by atoms with Crippen LogP contribution in [0.3, 0.4) is 0 Å². The largest absolute Gasteiger partial charge is 0.332 e. The molecule has 0 aliphatic rings. The monoisotopic (exact) mass is 379 g/mol. The fourth-order valence-corrected chi connectivity index (χ4v) is 3.31. The number of hydrogen-bond donors (Lipinski definition) is 2. The molecule has 1 aromatic heterocycles. The third-order valence-electron chi connectivity index (χ3n) is 4.06. The van der Waals surface area contributed by atoms with Crippen LogP contribution in [0, 0.1) is 0 Å². The van der Waals surface area contributed by atoms with Gasteiger partial charge in [-0.3, -0.25) is 9.59 Å². The van der Waals surface area contributed by atoms with Crippen LogP contribution in [0.5, 0.6) is 0 Å². The molecule has 0 spiro atoms. The van der Waals surface area contributed by atoms with E-state index in [0.717, 1.165) is 17.2 Å². The van der Waals surface area contributed by atoms with Gasteiger partial charge in [0.15, 0.2) is 10.9 Å². The highest BCUT2D eigenvalue weighted by atomic mass is 32.1. The summed E-state index contributed by atoms with van der Waals surface area (Å²) in [5.41, 5.74) is 4.14. The predicted octanol–water partition coefficient (Wildman–Crippen LogP) is 4.83. The Balaban J connectivity index is 1.59. The first-order valence-corrected chi connectivity index (χ1v) is 9.62. The fraction of sp³-hybridized carbons (Fsp3) is 0.190. The maximum absolute atomic E-state index is 12.2. The highest BCUT2D eigenvalue weighted by Gasteiger charge is 2.09. The Morgan fingerprint density at radius 3 is 2.56 bits per heavy atom. The highest BCUT2D eigenvalue weighted by molar-refractivity contribution is 7.13. The zero-order chi connectivity index (χ0) is 19.2. The molecule has 1 amide bonds. The Kier molecular flexibility index (Phi) is 5.98. The van der Waals surface area contributed by atoms with Crippen LogP contribution in [-0.4, -0.2) is 16.7 Å². The van der Waals surface area contributed by atoms with Gasteiger partial charge in [0.2, 0.25) is 5.91 Å². The van der Waals surface area contributed by atoms with Gasteiger partial charge >= 0.3 is 0 Å². The molecule has 0 aliphatic heterocycles. The van der Waals surface area contributed by atoms with Gasteiger partial charge in [0.25, 0.3) is 0 Å². The number of ketones is 1. The number of nitrogens with one attached hydrogen (secondary N) is 2. The summed E-state index contributed by atoms with van der Waals surface area (Å²) in [5, 5.41) is 8.69. The molecular weight excluding hydrogens is 358 g/mol. The molecule has 3 rings (SSSR count). The molecule has 1 heterocycles. The maximum Gasteiger partial charge on any atom is 0.230 e. The standard InChI is InChI=1S/C21H21N3O2S/c1-3-15-7-9-17(10-8-15)23-21-24-19(13-27-21)12-20(26)22-18-6-4-5-16(11-18)14(2)25/h4-11,13H,3,12H2,1-2H3,(H,22,26)(H,23,24). The second-order valence-corrected chi connectivity index (χ2v) is 7.04. The molecule has 0 atom stereocenters. The number of Topliss-reactive ketones (excluding diaryl/α,β-unsaturated/α-hetero) is 1. The van der Waals surface area contributed by atoms with E-state index in [1.807, 2.05) is 17.5 Å². The van der Waals surface area contributed by atoms with E-state index in [1.54, 1.807) is 24.3 Å². The predicted molar refractivity (Wildman–Crippen MR) is 110 cm³/mol. The summed E-state index contributed by atoms with van der Waals surface area (Å²) in [4.78, 5) is 28.2. The number of anilines is 3. The maximum atomic E-state index is 12.2. The highest BCUT2D eigenvalue weighted by Crippen LogP contribution is 2.22. The van der Waals surface area contributed by atoms with Crippen LogP contribution in [0.4, 0.5) is 16.5 Å². The topological polar surface area (TPSA) is 71.1 Å². The average molecular weight is 379 g/mol. The molecule has 138 valence electrons. The van der Waals surface area contributed by atoms with Gasteiger partial charge in [-0.25, -0.2) is 4.98 Å². The van der Waals surface area contributed by atoms with E-state index in [-0.39, 0.29) is 18.1 Å². The zero-order valence-corrected chi connectivity index (χ0v) is 16.1. The molecule has 2 N–H and O–H groups in total. The van der Waals surface area contributed by atoms with Crippen molar-refractivity contribution in [3.05, 3.63) is 70.7 Å². The Morgan fingerprint density at radius 1 is 1.07 bits per heavy atom. The van der Waals surface area contributed by atoms with Crippen molar-refractivity contribution < 1.29 is 9.59 Å². The van der Waals surface area contributed by atoms with Gasteiger partial charge in [-0.1, -0.05) is 31.2 Å². The van der Waals surface area contributed by atoms with E-state index in [9.17, 15) is 9.59 Å². The van der Waals surface area contributed by atoms with Crippen LogP contribution in [-0.2, 0) is 17.6 Å². The first-order valence-electron chi connectivity index (χ1n) is 8.74. The summed E-state index contributed by atoms with van der Waals surface area (Å²) in [6.07, 6.45) is 1.18. The van der Waals surface area contributed by atoms with Gasteiger partial charge in [0, 0.05) is 22.3 Å². The van der Waals surface area contributed by atoms with Crippen molar-refractivity contribution in [1.29, 1.82) is 0 Å². The lowest BCUT2D eigenvalue weighted by Crippen LogP contribution is -2.14. The van der Waals surface area contributed by atoms with Crippen LogP contribution in [0.2, 0.25) is 0 Å². The van der Waals surface area contributed by atoms with Crippen LogP contribution in [0.25, 0.3) is 0 Å². The number of nitrogens with zero attached hydrogens (tertiary/aromatic N) is 1. The number of benzene rings is 2. The Bertz CT molecular complexity index is 948. The van der Waals surface area contributed by atoms with E-state index < -0.39 is 0 Å². The first-order chi connectivity index (χ1) is 13.0. The molecule has 3 aromatic rings. The van der Waals surface area contributed by atoms with Gasteiger partial charge < -0.3 is 10.6 Å². The van der Waals surface area contributed by atoms with Gasteiger partial charge in [-0.2, -0.15) is 0 Å². The van der Waals surface area contributed by atoms with E-state index in [4.69, 9.17) is 0 Å². The van der Waals surface area contributed by atoms with E-state index in [1.165, 1.54) is 23.8 Å². The summed E-state index contributed by atoms with van der Waals surface area (Å²) in [6.45, 7) is 3.62. The van der Waals surface area contributed by atoms with Crippen molar-refractivity contribution in [3.63, 3.8) is 0 Å². The van der Waals surface area contributed by atoms with Gasteiger partial charge in [-0.15, -0.1) is 11.3 Å². The molecular formula is C21H21N3O2S. The third kappa shape index (κ3) is 5.24. The molecule has 0 radical (unpaired) electrons. The quantitative estimate of drug-likeness (QED) is 0.577. The minimum Gasteiger partial charge on any atom is -0.332 e. The number of hydrogen-bond acceptors (Lipinski definition) is 5. The van der Waals surface area contributed by atoms with Gasteiger partial charge in [0.05, 0.1) is 12.1 Å². The number of carbonyl (C=O) groups is 2. The number of aromatic nitrogens is 1. The van der Waals surface area contributed by atoms with Gasteiger partial charge in [-0.05, 0) is 43.2 Å². The number of amides is 1. The Morgan fingerprint density at radius 2 is 1.85 bits per heavy atom. The second-order valence-electron chi connectivity index (χ2n) is 6.18. The van der Waals surface area contributed by atoms with Crippen LogP contribution in [0.1, 0.15) is 35.5 Å². The van der Waals surface area contributed by atoms with Crippen LogP contribution >= 0.6 is 11.3 Å². The second kappa shape index (κ2) is 8.60. The number of rotatable bonds is 7. The molecule has 5 nitrogen and oxygen atoms in total. The number of carbonyl (C=O) groups excluding carboxylic acids is 2. The Labute approximate surface area is 162 Å². The lowest BCUT2D eigenvalue weighted by atomic mass is 10.1. The molecule has 0 unspecified atom stereocenters. The molecule has 0 saturated carbocycles. The zero-order valence-electron chi connectivity index (χ0n) is 15.3. The fourth-order valence-electron chi connectivity index (χ4n) is 2.58. The van der Waals surface area contributed by atoms with Crippen LogP contribution in [0.15, 0.2) is 53.9 Å². The van der Waals surface area contributed by atoms with Crippen molar-refractivity contribution >= 4 is 39.5 Å². The SMILES string of the molecule is CCc1ccc(Nc2nc(CC(=O)Nc3cccc(C(C)=O)c3)cs2)cc1. The average Bonchev–Trinajstić information content (AvgIpc) is 3.09. The molecule has 0 aliphatic carbocycles. The van der Waals surface area contributed by atoms with Crippen molar-refractivity contribution in [1.82, 2.24) is 4.98 Å². The van der Waals surface area contributed by atoms with E-state index >= 15 is 0 Å². The molecule has 0 saturated heterocycles. The summed E-state index contributed by atoms with van der Waals surface area (Å²) in [7, 11) is 0. The van der Waals surface area contributed by atoms with E-state index in [0.29, 0.717) is 16.9 Å². The molecule has 0 bridgehead atoms. The third-order valence-corrected chi connectivity index (χ3v) is 4.87. The molecule has 27 heavy (non-hydrogen) atoms. The van der Waals surface area contributed by atoms with E-state index in [2.05, 4.69) is 34.7 Å². The molecule has 0 fully saturated rings. The first kappa shape index (κ1) is 18.8. The normalized spacial score (nSPS) is 10.4. The summed E-state index contributed by atoms with van der Waals surface area (Å²) in [6, 6.07) is 15.1. The summed E-state index contributed by atoms with van der Waals surface area (Å²) in [5.74, 6) is -0.201. The van der Waals surface area contributed by atoms with Crippen molar-refractivity contribution in [2.75, 3.05) is 10.6 Å². The summed E-state index contributed by atoms with van der Waals surface area (Å²) >= 11 is 1.46. The van der Waals surface area contributed by atoms with Crippen LogP contribution < -0.4 is 10.6 Å². The minimum atomic E-state index is -0.167. The van der Waals surface area contributed by atoms with Crippen molar-refractivity contribution in [2.45, 2.75) is 26.7 Å². The van der Waals surface area contributed by atoms with Gasteiger partial charge in [0.1, 0.15) is 0 Å². The number of thiazole rings is 1.